The smallest absolute Gasteiger partial charge is 0.198 e. The molecule has 0 atom stereocenters. The van der Waals surface area contributed by atoms with Crippen molar-refractivity contribution in [2.75, 3.05) is 0 Å². The number of fused-ring (bicyclic) bond motifs is 4. The van der Waals surface area contributed by atoms with Gasteiger partial charge in [0.2, 0.25) is 0 Å². The highest BCUT2D eigenvalue weighted by Gasteiger charge is 2.12. The summed E-state index contributed by atoms with van der Waals surface area (Å²) in [5.41, 5.74) is 4.74. The Morgan fingerprint density at radius 3 is 2.48 bits per heavy atom. The maximum Gasteiger partial charge on any atom is 0.198 e. The van der Waals surface area contributed by atoms with Crippen molar-refractivity contribution in [2.24, 2.45) is 0 Å². The molecule has 0 spiro atoms. The van der Waals surface area contributed by atoms with Crippen LogP contribution in [0.4, 0.5) is 0 Å². The number of hydrogen-bond donors (Lipinski definition) is 0. The minimum atomic E-state index is -0.0283. The van der Waals surface area contributed by atoms with Gasteiger partial charge < -0.3 is 0 Å². The van der Waals surface area contributed by atoms with Crippen LogP contribution in [0.15, 0.2) is 72.9 Å². The Bertz CT molecular complexity index is 1260. The highest BCUT2D eigenvalue weighted by molar-refractivity contribution is 6.10. The fourth-order valence-corrected chi connectivity index (χ4v) is 2.98. The van der Waals surface area contributed by atoms with Gasteiger partial charge in [0.15, 0.2) is 17.1 Å². The number of carbonyl (C=O) groups excluding carboxylic acids is 1. The van der Waals surface area contributed by atoms with Crippen molar-refractivity contribution in [2.45, 2.75) is 0 Å². The molecule has 5 heteroatoms. The minimum absolute atomic E-state index is 0.0283. The lowest BCUT2D eigenvalue weighted by Gasteiger charge is -2.03. The summed E-state index contributed by atoms with van der Waals surface area (Å²) in [4.78, 5) is 26.4. The first kappa shape index (κ1) is 13.8. The van der Waals surface area contributed by atoms with Gasteiger partial charge in [0, 0.05) is 17.3 Å². The predicted molar refractivity (Wildman–Crippen MR) is 95.7 cm³/mol. The van der Waals surface area contributed by atoms with Crippen LogP contribution >= 0.6 is 0 Å². The van der Waals surface area contributed by atoms with Crippen molar-refractivity contribution < 1.29 is 4.79 Å². The second kappa shape index (κ2) is 5.21. The average molecular weight is 324 g/mol. The van der Waals surface area contributed by atoms with E-state index in [1.54, 1.807) is 12.1 Å². The molecule has 3 heterocycles. The molecule has 5 rings (SSSR count). The third kappa shape index (κ3) is 2.17. The van der Waals surface area contributed by atoms with E-state index in [1.807, 2.05) is 65.2 Å². The van der Waals surface area contributed by atoms with Crippen LogP contribution in [0, 0.1) is 0 Å². The molecule has 0 radical (unpaired) electrons. The molecule has 0 saturated heterocycles. The van der Waals surface area contributed by atoms with E-state index in [-0.39, 0.29) is 5.78 Å². The van der Waals surface area contributed by atoms with Crippen molar-refractivity contribution >= 4 is 33.8 Å². The molecule has 0 aliphatic heterocycles. The van der Waals surface area contributed by atoms with Crippen LogP contribution in [-0.4, -0.2) is 25.1 Å². The molecule has 2 aromatic carbocycles. The standard InChI is InChI=1S/C20H12N4O/c25-18(13-6-2-1-3-7-13)14-9-10-15-16(12-14)21-19-20(22-15)24-11-5-4-8-17(24)23-19/h1-12H. The van der Waals surface area contributed by atoms with Crippen LogP contribution in [0.3, 0.4) is 0 Å². The lowest BCUT2D eigenvalue weighted by molar-refractivity contribution is 0.103. The summed E-state index contributed by atoms with van der Waals surface area (Å²) in [6.45, 7) is 0. The van der Waals surface area contributed by atoms with E-state index in [0.717, 1.165) is 11.2 Å². The van der Waals surface area contributed by atoms with Gasteiger partial charge in [-0.3, -0.25) is 9.20 Å². The number of hydrogen-bond acceptors (Lipinski definition) is 4. The number of carbonyl (C=O) groups is 1. The summed E-state index contributed by atoms with van der Waals surface area (Å²) in [6, 6.07) is 20.4. The Labute approximate surface area is 142 Å². The van der Waals surface area contributed by atoms with Gasteiger partial charge in [-0.2, -0.15) is 0 Å². The van der Waals surface area contributed by atoms with Gasteiger partial charge in [-0.05, 0) is 30.3 Å². The summed E-state index contributed by atoms with van der Waals surface area (Å²) in [5, 5.41) is 0. The van der Waals surface area contributed by atoms with Gasteiger partial charge in [0.05, 0.1) is 11.0 Å². The Morgan fingerprint density at radius 2 is 1.60 bits per heavy atom. The van der Waals surface area contributed by atoms with Crippen LogP contribution in [0.2, 0.25) is 0 Å². The molecule has 0 saturated carbocycles. The van der Waals surface area contributed by atoms with Gasteiger partial charge >= 0.3 is 0 Å². The van der Waals surface area contributed by atoms with Gasteiger partial charge in [-0.15, -0.1) is 0 Å². The second-order valence-corrected chi connectivity index (χ2v) is 5.81. The molecule has 0 aliphatic rings. The van der Waals surface area contributed by atoms with Gasteiger partial charge in [0.25, 0.3) is 0 Å². The quantitative estimate of drug-likeness (QED) is 0.465. The predicted octanol–water partition coefficient (Wildman–Crippen LogP) is 3.66. The number of ketones is 1. The first-order chi connectivity index (χ1) is 12.3. The third-order valence-corrected chi connectivity index (χ3v) is 4.21. The second-order valence-electron chi connectivity index (χ2n) is 5.81. The van der Waals surface area contributed by atoms with Crippen molar-refractivity contribution in [3.63, 3.8) is 0 Å². The molecule has 5 nitrogen and oxygen atoms in total. The summed E-state index contributed by atoms with van der Waals surface area (Å²) >= 11 is 0. The number of nitrogens with zero attached hydrogens (tertiary/aromatic N) is 4. The maximum absolute atomic E-state index is 12.6. The maximum atomic E-state index is 12.6. The van der Waals surface area contributed by atoms with Crippen molar-refractivity contribution in [1.82, 2.24) is 19.4 Å². The molecule has 0 amide bonds. The molecule has 0 bridgehead atoms. The highest BCUT2D eigenvalue weighted by atomic mass is 16.1. The summed E-state index contributed by atoms with van der Waals surface area (Å²) in [5.74, 6) is -0.0283. The fourth-order valence-electron chi connectivity index (χ4n) is 2.98. The van der Waals surface area contributed by atoms with E-state index < -0.39 is 0 Å². The van der Waals surface area contributed by atoms with Crippen LogP contribution < -0.4 is 0 Å². The van der Waals surface area contributed by atoms with Crippen molar-refractivity contribution in [1.29, 1.82) is 0 Å². The molecule has 118 valence electrons. The molecule has 0 N–H and O–H groups in total. The Hall–Kier alpha value is -3.60. The van der Waals surface area contributed by atoms with Gasteiger partial charge in [-0.25, -0.2) is 15.0 Å². The van der Waals surface area contributed by atoms with E-state index >= 15 is 0 Å². The zero-order valence-electron chi connectivity index (χ0n) is 13.1. The SMILES string of the molecule is O=C(c1ccccc1)c1ccc2nc3c(nc2c1)nc1ccccn13. The van der Waals surface area contributed by atoms with E-state index in [0.29, 0.717) is 27.9 Å². The van der Waals surface area contributed by atoms with Crippen LogP contribution in [0.25, 0.3) is 28.0 Å². The Balaban J connectivity index is 1.70. The third-order valence-electron chi connectivity index (χ3n) is 4.21. The number of rotatable bonds is 2. The molecule has 3 aromatic heterocycles. The van der Waals surface area contributed by atoms with Crippen LogP contribution in [0.1, 0.15) is 15.9 Å². The number of benzene rings is 2. The molecular weight excluding hydrogens is 312 g/mol. The molecule has 0 aliphatic carbocycles. The topological polar surface area (TPSA) is 60.2 Å². The first-order valence-electron chi connectivity index (χ1n) is 7.94. The first-order valence-corrected chi connectivity index (χ1v) is 7.94. The normalized spacial score (nSPS) is 11.4. The van der Waals surface area contributed by atoms with E-state index in [4.69, 9.17) is 0 Å². The average Bonchev–Trinajstić information content (AvgIpc) is 3.03. The van der Waals surface area contributed by atoms with Crippen LogP contribution in [0.5, 0.6) is 0 Å². The molecular formula is C20H12N4O. The largest absolute Gasteiger partial charge is 0.289 e. The number of imidazole rings is 1. The summed E-state index contributed by atoms with van der Waals surface area (Å²) in [7, 11) is 0. The molecule has 0 fully saturated rings. The van der Waals surface area contributed by atoms with Gasteiger partial charge in [-0.1, -0.05) is 36.4 Å². The zero-order valence-corrected chi connectivity index (χ0v) is 13.1. The zero-order chi connectivity index (χ0) is 16.8. The van der Waals surface area contributed by atoms with Crippen molar-refractivity contribution in [3.8, 4) is 0 Å². The summed E-state index contributed by atoms with van der Waals surface area (Å²) in [6.07, 6.45) is 1.92. The lowest BCUT2D eigenvalue weighted by atomic mass is 10.0. The Morgan fingerprint density at radius 1 is 0.760 bits per heavy atom. The van der Waals surface area contributed by atoms with Crippen molar-refractivity contribution in [3.05, 3.63) is 84.1 Å². The molecule has 25 heavy (non-hydrogen) atoms. The number of pyridine rings is 1. The Kier molecular flexibility index (Phi) is 2.87. The van der Waals surface area contributed by atoms with E-state index in [9.17, 15) is 4.79 Å². The van der Waals surface area contributed by atoms with Crippen LogP contribution in [-0.2, 0) is 0 Å². The minimum Gasteiger partial charge on any atom is -0.289 e. The lowest BCUT2D eigenvalue weighted by Crippen LogP contribution is -2.01. The monoisotopic (exact) mass is 324 g/mol. The highest BCUT2D eigenvalue weighted by Crippen LogP contribution is 2.20. The summed E-state index contributed by atoms with van der Waals surface area (Å²) < 4.78 is 1.91. The van der Waals surface area contributed by atoms with E-state index in [2.05, 4.69) is 15.0 Å². The number of aromatic nitrogens is 4. The van der Waals surface area contributed by atoms with E-state index in [1.165, 1.54) is 0 Å². The molecule has 5 aromatic rings. The van der Waals surface area contributed by atoms with Gasteiger partial charge in [0.1, 0.15) is 5.65 Å². The fraction of sp³-hybridized carbons (Fsp3) is 0. The molecule has 0 unspecified atom stereocenters.